The molecule has 2 atom stereocenters. The maximum absolute atomic E-state index is 11.5. The molecule has 1 aliphatic heterocycles. The van der Waals surface area contributed by atoms with Crippen LogP contribution in [-0.2, 0) is 11.3 Å². The number of benzene rings is 1. The number of primary amides is 1. The Morgan fingerprint density at radius 2 is 2.22 bits per heavy atom. The highest BCUT2D eigenvalue weighted by molar-refractivity contribution is 5.77. The highest BCUT2D eigenvalue weighted by Gasteiger charge is 2.28. The molecule has 1 saturated heterocycles. The summed E-state index contributed by atoms with van der Waals surface area (Å²) in [6.07, 6.45) is 7.46. The molecule has 1 aromatic carbocycles. The van der Waals surface area contributed by atoms with Crippen LogP contribution in [0.2, 0.25) is 0 Å². The number of carbonyl (C=O) groups excluding carboxylic acids is 1. The molecule has 2 aromatic rings. The molecule has 2 N–H and O–H groups in total. The molecule has 0 unspecified atom stereocenters. The molecule has 3 rings (SSSR count). The van der Waals surface area contributed by atoms with E-state index >= 15 is 0 Å². The molecule has 0 radical (unpaired) electrons. The summed E-state index contributed by atoms with van der Waals surface area (Å²) in [6.45, 7) is 5.99. The van der Waals surface area contributed by atoms with Crippen LogP contribution in [0.15, 0.2) is 36.9 Å². The van der Waals surface area contributed by atoms with Crippen LogP contribution in [0.1, 0.15) is 30.9 Å². The highest BCUT2D eigenvalue weighted by atomic mass is 16.1. The predicted octanol–water partition coefficient (Wildman–Crippen LogP) is 2.27. The average Bonchev–Trinajstić information content (AvgIpc) is 3.05. The van der Waals surface area contributed by atoms with Crippen molar-refractivity contribution in [2.75, 3.05) is 6.54 Å². The van der Waals surface area contributed by atoms with Gasteiger partial charge >= 0.3 is 0 Å². The third-order valence-electron chi connectivity index (χ3n) is 4.92. The van der Waals surface area contributed by atoms with Gasteiger partial charge in [0.2, 0.25) is 5.91 Å². The number of likely N-dealkylation sites (tertiary alicyclic amines) is 1. The van der Waals surface area contributed by atoms with Crippen molar-refractivity contribution in [2.24, 2.45) is 11.7 Å². The fourth-order valence-electron chi connectivity index (χ4n) is 3.28. The third kappa shape index (κ3) is 3.45. The van der Waals surface area contributed by atoms with E-state index in [4.69, 9.17) is 5.73 Å². The van der Waals surface area contributed by atoms with Gasteiger partial charge in [0.25, 0.3) is 0 Å². The number of carbonyl (C=O) groups is 1. The minimum Gasteiger partial charge on any atom is -0.369 e. The molecule has 0 spiro atoms. The number of imidazole rings is 1. The van der Waals surface area contributed by atoms with E-state index in [0.717, 1.165) is 31.6 Å². The van der Waals surface area contributed by atoms with Gasteiger partial charge in [-0.15, -0.1) is 0 Å². The van der Waals surface area contributed by atoms with Crippen molar-refractivity contribution in [3.63, 3.8) is 0 Å². The van der Waals surface area contributed by atoms with Gasteiger partial charge in [-0.25, -0.2) is 4.98 Å². The van der Waals surface area contributed by atoms with Gasteiger partial charge in [-0.05, 0) is 49.9 Å². The maximum atomic E-state index is 11.5. The van der Waals surface area contributed by atoms with Gasteiger partial charge in [0.1, 0.15) is 0 Å². The minimum absolute atomic E-state index is 0.0169. The first kappa shape index (κ1) is 15.7. The third-order valence-corrected chi connectivity index (χ3v) is 4.92. The summed E-state index contributed by atoms with van der Waals surface area (Å²) in [5, 5.41) is 0. The van der Waals surface area contributed by atoms with E-state index in [1.165, 1.54) is 11.1 Å². The summed E-state index contributed by atoms with van der Waals surface area (Å²) in [6, 6.07) is 6.95. The van der Waals surface area contributed by atoms with Gasteiger partial charge in [-0.3, -0.25) is 9.69 Å². The highest BCUT2D eigenvalue weighted by Crippen LogP contribution is 2.25. The van der Waals surface area contributed by atoms with Crippen molar-refractivity contribution in [1.29, 1.82) is 0 Å². The van der Waals surface area contributed by atoms with Gasteiger partial charge in [-0.2, -0.15) is 0 Å². The van der Waals surface area contributed by atoms with E-state index in [2.05, 4.69) is 41.9 Å². The largest absolute Gasteiger partial charge is 0.369 e. The van der Waals surface area contributed by atoms with Crippen LogP contribution in [0.5, 0.6) is 0 Å². The number of amides is 1. The summed E-state index contributed by atoms with van der Waals surface area (Å²) < 4.78 is 2.00. The zero-order valence-electron chi connectivity index (χ0n) is 13.8. The Kier molecular flexibility index (Phi) is 4.48. The van der Waals surface area contributed by atoms with Crippen molar-refractivity contribution in [2.45, 2.75) is 39.3 Å². The number of piperidine rings is 1. The average molecular weight is 312 g/mol. The van der Waals surface area contributed by atoms with E-state index in [0.29, 0.717) is 6.04 Å². The number of rotatable bonds is 4. The molecular formula is C18H24N4O. The van der Waals surface area contributed by atoms with E-state index in [-0.39, 0.29) is 11.8 Å². The van der Waals surface area contributed by atoms with Crippen LogP contribution in [0.25, 0.3) is 5.69 Å². The molecular weight excluding hydrogens is 288 g/mol. The van der Waals surface area contributed by atoms with E-state index in [1.807, 2.05) is 10.8 Å². The van der Waals surface area contributed by atoms with Gasteiger partial charge in [0, 0.05) is 37.2 Å². The monoisotopic (exact) mass is 312 g/mol. The Morgan fingerprint density at radius 3 is 2.87 bits per heavy atom. The Balaban J connectivity index is 1.75. The maximum Gasteiger partial charge on any atom is 0.221 e. The Bertz CT molecular complexity index is 680. The summed E-state index contributed by atoms with van der Waals surface area (Å²) in [4.78, 5) is 18.0. The summed E-state index contributed by atoms with van der Waals surface area (Å²) >= 11 is 0. The summed E-state index contributed by atoms with van der Waals surface area (Å²) in [7, 11) is 0. The van der Waals surface area contributed by atoms with Crippen molar-refractivity contribution in [1.82, 2.24) is 14.5 Å². The lowest BCUT2D eigenvalue weighted by Gasteiger charge is -2.37. The Hall–Kier alpha value is -2.14. The van der Waals surface area contributed by atoms with Crippen LogP contribution in [0, 0.1) is 12.8 Å². The molecule has 0 saturated carbocycles. The smallest absolute Gasteiger partial charge is 0.221 e. The molecule has 23 heavy (non-hydrogen) atoms. The lowest BCUT2D eigenvalue weighted by atomic mass is 9.92. The zero-order valence-corrected chi connectivity index (χ0v) is 13.8. The van der Waals surface area contributed by atoms with Crippen LogP contribution in [0.3, 0.4) is 0 Å². The van der Waals surface area contributed by atoms with Crippen LogP contribution in [-0.4, -0.2) is 32.9 Å². The quantitative estimate of drug-likeness (QED) is 0.942. The zero-order chi connectivity index (χ0) is 16.4. The molecule has 0 bridgehead atoms. The minimum atomic E-state index is -0.172. The predicted molar refractivity (Wildman–Crippen MR) is 90.1 cm³/mol. The number of aryl methyl sites for hydroxylation is 1. The van der Waals surface area contributed by atoms with Crippen molar-refractivity contribution < 1.29 is 4.79 Å². The standard InChI is InChI=1S/C18H24N4O/c1-13-9-17(21-8-7-20-12-21)6-5-15(13)10-22-11-16(18(19)23)4-3-14(22)2/h5-9,12,14,16H,3-4,10-11H2,1-2H3,(H2,19,23)/t14-,16-/m1/s1. The Morgan fingerprint density at radius 1 is 1.39 bits per heavy atom. The van der Waals surface area contributed by atoms with Gasteiger partial charge in [0.15, 0.2) is 0 Å². The number of hydrogen-bond donors (Lipinski definition) is 1. The van der Waals surface area contributed by atoms with E-state index in [9.17, 15) is 4.79 Å². The first-order valence-corrected chi connectivity index (χ1v) is 8.16. The molecule has 2 heterocycles. The summed E-state index contributed by atoms with van der Waals surface area (Å²) in [5.41, 5.74) is 9.17. The number of nitrogens with two attached hydrogens (primary N) is 1. The number of aromatic nitrogens is 2. The molecule has 122 valence electrons. The van der Waals surface area contributed by atoms with E-state index < -0.39 is 0 Å². The second-order valence-corrected chi connectivity index (χ2v) is 6.54. The normalized spacial score (nSPS) is 22.2. The lowest BCUT2D eigenvalue weighted by Crippen LogP contribution is -2.45. The second-order valence-electron chi connectivity index (χ2n) is 6.54. The van der Waals surface area contributed by atoms with Crippen molar-refractivity contribution in [3.05, 3.63) is 48.0 Å². The summed E-state index contributed by atoms with van der Waals surface area (Å²) in [5.74, 6) is -0.189. The fourth-order valence-corrected chi connectivity index (χ4v) is 3.28. The molecule has 5 nitrogen and oxygen atoms in total. The topological polar surface area (TPSA) is 64.2 Å². The Labute approximate surface area is 137 Å². The molecule has 0 aliphatic carbocycles. The molecule has 5 heteroatoms. The van der Waals surface area contributed by atoms with Crippen LogP contribution in [0.4, 0.5) is 0 Å². The second kappa shape index (κ2) is 6.54. The van der Waals surface area contributed by atoms with Gasteiger partial charge in [-0.1, -0.05) is 6.07 Å². The molecule has 1 fully saturated rings. The van der Waals surface area contributed by atoms with Gasteiger partial charge < -0.3 is 10.3 Å². The number of hydrogen-bond acceptors (Lipinski definition) is 3. The molecule has 1 amide bonds. The SMILES string of the molecule is Cc1cc(-n2ccnc2)ccc1CN1C[C@H](C(N)=O)CC[C@H]1C. The fraction of sp³-hybridized carbons (Fsp3) is 0.444. The first-order chi connectivity index (χ1) is 11.0. The van der Waals surface area contributed by atoms with Gasteiger partial charge in [0.05, 0.1) is 12.2 Å². The first-order valence-electron chi connectivity index (χ1n) is 8.16. The van der Waals surface area contributed by atoms with Crippen molar-refractivity contribution >= 4 is 5.91 Å². The number of nitrogens with zero attached hydrogens (tertiary/aromatic N) is 3. The lowest BCUT2D eigenvalue weighted by molar-refractivity contribution is -0.124. The van der Waals surface area contributed by atoms with Crippen LogP contribution < -0.4 is 5.73 Å². The van der Waals surface area contributed by atoms with Crippen LogP contribution >= 0.6 is 0 Å². The molecule has 1 aromatic heterocycles. The molecule has 1 aliphatic rings. The van der Waals surface area contributed by atoms with E-state index in [1.54, 1.807) is 12.5 Å². The van der Waals surface area contributed by atoms with Crippen molar-refractivity contribution in [3.8, 4) is 5.69 Å².